The van der Waals surface area contributed by atoms with Crippen molar-refractivity contribution in [3.63, 3.8) is 0 Å². The summed E-state index contributed by atoms with van der Waals surface area (Å²) in [5.74, 6) is -0.656. The van der Waals surface area contributed by atoms with E-state index in [2.05, 4.69) is 15.6 Å². The second-order valence-electron chi connectivity index (χ2n) is 5.48. The van der Waals surface area contributed by atoms with Gasteiger partial charge in [0.1, 0.15) is 0 Å². The molecule has 0 bridgehead atoms. The van der Waals surface area contributed by atoms with Crippen LogP contribution in [0.5, 0.6) is 0 Å². The fourth-order valence-electron chi connectivity index (χ4n) is 2.52. The van der Waals surface area contributed by atoms with Crippen molar-refractivity contribution < 1.29 is 9.18 Å². The molecule has 4 nitrogen and oxygen atoms in total. The molecule has 0 fully saturated rings. The van der Waals surface area contributed by atoms with Gasteiger partial charge in [0.15, 0.2) is 6.67 Å². The number of nitrogens with zero attached hydrogens (tertiary/aromatic N) is 1. The minimum atomic E-state index is -1.04. The number of amides is 1. The lowest BCUT2D eigenvalue weighted by atomic mass is 10.0. The van der Waals surface area contributed by atoms with Gasteiger partial charge in [-0.1, -0.05) is 36.4 Å². The van der Waals surface area contributed by atoms with Gasteiger partial charge in [0.05, 0.1) is 12.2 Å². The Hall–Kier alpha value is -3.21. The van der Waals surface area contributed by atoms with Crippen LogP contribution in [-0.2, 0) is 11.3 Å². The number of para-hydroxylation sites is 1. The molecule has 0 atom stereocenters. The Morgan fingerprint density at radius 1 is 1.00 bits per heavy atom. The van der Waals surface area contributed by atoms with E-state index in [1.54, 1.807) is 18.3 Å². The molecule has 1 aromatic heterocycles. The minimum Gasteiger partial charge on any atom is -0.379 e. The number of hydrogen-bond donors (Lipinski definition) is 2. The van der Waals surface area contributed by atoms with Gasteiger partial charge in [0, 0.05) is 23.1 Å². The van der Waals surface area contributed by atoms with Crippen molar-refractivity contribution in [2.24, 2.45) is 0 Å². The number of aromatic nitrogens is 1. The van der Waals surface area contributed by atoms with Crippen molar-refractivity contribution in [2.75, 3.05) is 17.3 Å². The van der Waals surface area contributed by atoms with E-state index in [0.717, 1.165) is 22.5 Å². The molecule has 0 unspecified atom stereocenters. The number of pyridine rings is 1. The van der Waals surface area contributed by atoms with E-state index in [0.29, 0.717) is 12.2 Å². The minimum absolute atomic E-state index is 0.590. The summed E-state index contributed by atoms with van der Waals surface area (Å²) in [6, 6.07) is 21.0. The van der Waals surface area contributed by atoms with E-state index in [1.165, 1.54) is 0 Å². The highest BCUT2D eigenvalue weighted by Crippen LogP contribution is 2.29. The van der Waals surface area contributed by atoms with Crippen LogP contribution in [-0.4, -0.2) is 17.6 Å². The molecule has 0 aliphatic rings. The van der Waals surface area contributed by atoms with Crippen molar-refractivity contribution in [3.05, 3.63) is 78.6 Å². The second kappa shape index (κ2) is 8.06. The molecule has 0 aliphatic heterocycles. The Labute approximate surface area is 145 Å². The van der Waals surface area contributed by atoms with Crippen LogP contribution < -0.4 is 10.6 Å². The van der Waals surface area contributed by atoms with E-state index in [1.807, 2.05) is 54.6 Å². The van der Waals surface area contributed by atoms with E-state index < -0.39 is 12.6 Å². The quantitative estimate of drug-likeness (QED) is 0.707. The zero-order valence-corrected chi connectivity index (χ0v) is 13.6. The first-order valence-corrected chi connectivity index (χ1v) is 7.95. The summed E-state index contributed by atoms with van der Waals surface area (Å²) in [5.41, 5.74) is 4.25. The molecular weight excluding hydrogens is 317 g/mol. The van der Waals surface area contributed by atoms with Gasteiger partial charge in [0.25, 0.3) is 5.91 Å². The molecular formula is C20H18FN3O. The van der Waals surface area contributed by atoms with Gasteiger partial charge in [0.2, 0.25) is 0 Å². The number of carbonyl (C=O) groups excluding carboxylic acids is 1. The number of hydrogen-bond acceptors (Lipinski definition) is 3. The van der Waals surface area contributed by atoms with Crippen LogP contribution in [0.2, 0.25) is 0 Å². The number of halogens is 1. The van der Waals surface area contributed by atoms with E-state index in [4.69, 9.17) is 0 Å². The zero-order chi connectivity index (χ0) is 17.5. The summed E-state index contributed by atoms with van der Waals surface area (Å²) < 4.78 is 12.5. The van der Waals surface area contributed by atoms with Crippen molar-refractivity contribution in [3.8, 4) is 11.1 Å². The maximum absolute atomic E-state index is 12.5. The highest BCUT2D eigenvalue weighted by Gasteiger charge is 2.08. The normalized spacial score (nSPS) is 10.3. The van der Waals surface area contributed by atoms with Gasteiger partial charge >= 0.3 is 0 Å². The highest BCUT2D eigenvalue weighted by atomic mass is 19.1. The van der Waals surface area contributed by atoms with Gasteiger partial charge in [-0.2, -0.15) is 0 Å². The predicted molar refractivity (Wildman–Crippen MR) is 98.0 cm³/mol. The zero-order valence-electron chi connectivity index (χ0n) is 13.6. The Bertz CT molecular complexity index is 852. The van der Waals surface area contributed by atoms with Crippen molar-refractivity contribution in [1.82, 2.24) is 4.98 Å². The molecule has 3 rings (SSSR count). The third kappa shape index (κ3) is 4.41. The summed E-state index contributed by atoms with van der Waals surface area (Å²) in [6.45, 7) is -0.426. The van der Waals surface area contributed by atoms with E-state index >= 15 is 0 Å². The van der Waals surface area contributed by atoms with E-state index in [9.17, 15) is 9.18 Å². The Morgan fingerprint density at radius 2 is 1.84 bits per heavy atom. The molecule has 0 saturated heterocycles. The van der Waals surface area contributed by atoms with Crippen molar-refractivity contribution in [2.45, 2.75) is 6.54 Å². The summed E-state index contributed by atoms with van der Waals surface area (Å²) in [5, 5.41) is 5.92. The van der Waals surface area contributed by atoms with Gasteiger partial charge in [-0.05, 0) is 35.9 Å². The fraction of sp³-hybridized carbons (Fsp3) is 0.100. The van der Waals surface area contributed by atoms with Crippen molar-refractivity contribution in [1.29, 1.82) is 0 Å². The molecule has 0 radical (unpaired) electrons. The average molecular weight is 335 g/mol. The number of carbonyl (C=O) groups is 1. The first-order chi connectivity index (χ1) is 12.3. The molecule has 1 heterocycles. The number of benzene rings is 2. The number of alkyl halides is 1. The second-order valence-corrected chi connectivity index (χ2v) is 5.48. The van der Waals surface area contributed by atoms with Crippen LogP contribution >= 0.6 is 0 Å². The SMILES string of the molecule is O=C(CF)Nc1ccccc1-c1cccc(NCc2ccccn2)c1. The van der Waals surface area contributed by atoms with Gasteiger partial charge in [-0.3, -0.25) is 9.78 Å². The lowest BCUT2D eigenvalue weighted by Gasteiger charge is -2.12. The van der Waals surface area contributed by atoms with Crippen LogP contribution in [0.3, 0.4) is 0 Å². The maximum atomic E-state index is 12.5. The van der Waals surface area contributed by atoms with Crippen LogP contribution in [0, 0.1) is 0 Å². The summed E-state index contributed by atoms with van der Waals surface area (Å²) in [6.07, 6.45) is 1.76. The average Bonchev–Trinajstić information content (AvgIpc) is 2.68. The third-order valence-electron chi connectivity index (χ3n) is 3.70. The molecule has 5 heteroatoms. The molecule has 0 saturated carbocycles. The molecule has 0 aliphatic carbocycles. The Morgan fingerprint density at radius 3 is 2.64 bits per heavy atom. The largest absolute Gasteiger partial charge is 0.379 e. The number of anilines is 2. The first kappa shape index (κ1) is 16.6. The van der Waals surface area contributed by atoms with Crippen LogP contribution in [0.15, 0.2) is 72.9 Å². The summed E-state index contributed by atoms with van der Waals surface area (Å²) >= 11 is 0. The molecule has 2 N–H and O–H groups in total. The van der Waals surface area contributed by atoms with Crippen molar-refractivity contribution >= 4 is 17.3 Å². The maximum Gasteiger partial charge on any atom is 0.255 e. The van der Waals surface area contributed by atoms with Gasteiger partial charge in [-0.25, -0.2) is 4.39 Å². The predicted octanol–water partition coefficient (Wildman–Crippen LogP) is 4.27. The third-order valence-corrected chi connectivity index (χ3v) is 3.70. The monoisotopic (exact) mass is 335 g/mol. The topological polar surface area (TPSA) is 54.0 Å². The Balaban J connectivity index is 1.81. The highest BCUT2D eigenvalue weighted by molar-refractivity contribution is 5.96. The molecule has 25 heavy (non-hydrogen) atoms. The first-order valence-electron chi connectivity index (χ1n) is 7.95. The molecule has 126 valence electrons. The lowest BCUT2D eigenvalue weighted by molar-refractivity contribution is -0.117. The fourth-order valence-corrected chi connectivity index (χ4v) is 2.52. The van der Waals surface area contributed by atoms with Gasteiger partial charge < -0.3 is 10.6 Å². The molecule has 3 aromatic rings. The molecule has 0 spiro atoms. The lowest BCUT2D eigenvalue weighted by Crippen LogP contribution is -2.13. The smallest absolute Gasteiger partial charge is 0.255 e. The summed E-state index contributed by atoms with van der Waals surface area (Å²) in [4.78, 5) is 15.7. The molecule has 1 amide bonds. The van der Waals surface area contributed by atoms with Crippen LogP contribution in [0.1, 0.15) is 5.69 Å². The van der Waals surface area contributed by atoms with E-state index in [-0.39, 0.29) is 0 Å². The van der Waals surface area contributed by atoms with Crippen LogP contribution in [0.4, 0.5) is 15.8 Å². The number of nitrogens with one attached hydrogen (secondary N) is 2. The molecule has 2 aromatic carbocycles. The Kier molecular flexibility index (Phi) is 5.36. The number of rotatable bonds is 6. The summed E-state index contributed by atoms with van der Waals surface area (Å²) in [7, 11) is 0. The standard InChI is InChI=1S/C20H18FN3O/c21-13-20(25)24-19-10-2-1-9-18(19)15-6-5-8-16(12-15)23-14-17-7-3-4-11-22-17/h1-12,23H,13-14H2,(H,24,25). The van der Waals surface area contributed by atoms with Gasteiger partial charge in [-0.15, -0.1) is 0 Å². The van der Waals surface area contributed by atoms with Crippen LogP contribution in [0.25, 0.3) is 11.1 Å².